The molecule has 0 aliphatic carbocycles. The van der Waals surface area contributed by atoms with Crippen molar-refractivity contribution in [2.75, 3.05) is 7.11 Å². The first-order chi connectivity index (χ1) is 7.86. The van der Waals surface area contributed by atoms with E-state index in [0.29, 0.717) is 5.88 Å². The van der Waals surface area contributed by atoms with Gasteiger partial charge in [0, 0.05) is 23.1 Å². The Bertz CT molecular complexity index is 366. The molecule has 0 saturated heterocycles. The van der Waals surface area contributed by atoms with Gasteiger partial charge in [-0.05, 0) is 33.8 Å². The van der Waals surface area contributed by atoms with Gasteiger partial charge in [-0.25, -0.2) is 4.98 Å². The van der Waals surface area contributed by atoms with Crippen molar-refractivity contribution in [2.45, 2.75) is 38.5 Å². The Morgan fingerprint density at radius 2 is 2.12 bits per heavy atom. The van der Waals surface area contributed by atoms with Crippen molar-refractivity contribution >= 4 is 11.4 Å². The lowest BCUT2D eigenvalue weighted by atomic mass is 10.1. The van der Waals surface area contributed by atoms with Crippen LogP contribution in [0.15, 0.2) is 18.3 Å². The van der Waals surface area contributed by atoms with E-state index in [9.17, 15) is 4.55 Å². The molecule has 96 valence electrons. The summed E-state index contributed by atoms with van der Waals surface area (Å²) in [5.41, 5.74) is 0.910. The molecule has 4 nitrogen and oxygen atoms in total. The summed E-state index contributed by atoms with van der Waals surface area (Å²) in [4.78, 5) is 4.13. The summed E-state index contributed by atoms with van der Waals surface area (Å²) in [6.07, 6.45) is 1.68. The van der Waals surface area contributed by atoms with Crippen LogP contribution in [-0.2, 0) is 11.4 Å². The zero-order valence-electron chi connectivity index (χ0n) is 11.0. The second kappa shape index (κ2) is 5.71. The number of ether oxygens (including phenoxy) is 1. The fraction of sp³-hybridized carbons (Fsp3) is 0.583. The van der Waals surface area contributed by atoms with E-state index >= 15 is 0 Å². The number of methoxy groups -OCH3 is 1. The molecule has 1 rings (SSSR count). The average Bonchev–Trinajstić information content (AvgIpc) is 2.27. The predicted octanol–water partition coefficient (Wildman–Crippen LogP) is 2.20. The molecule has 0 radical (unpaired) electrons. The van der Waals surface area contributed by atoms with Crippen molar-refractivity contribution in [1.82, 2.24) is 9.71 Å². The highest BCUT2D eigenvalue weighted by Crippen LogP contribution is 2.24. The lowest BCUT2D eigenvalue weighted by Gasteiger charge is -2.26. The largest absolute Gasteiger partial charge is 0.598 e. The van der Waals surface area contributed by atoms with Crippen LogP contribution in [0.4, 0.5) is 0 Å². The Kier molecular flexibility index (Phi) is 4.80. The van der Waals surface area contributed by atoms with Gasteiger partial charge in [0.05, 0.1) is 13.2 Å². The van der Waals surface area contributed by atoms with Gasteiger partial charge in [-0.15, -0.1) is 4.72 Å². The van der Waals surface area contributed by atoms with Crippen LogP contribution in [0.1, 0.15) is 39.3 Å². The molecule has 0 unspecified atom stereocenters. The number of aromatic nitrogens is 1. The maximum Gasteiger partial charge on any atom is 0.217 e. The minimum Gasteiger partial charge on any atom is -0.598 e. The first kappa shape index (κ1) is 14.3. The highest BCUT2D eigenvalue weighted by molar-refractivity contribution is 7.90. The monoisotopic (exact) mass is 256 g/mol. The lowest BCUT2D eigenvalue weighted by molar-refractivity contribution is 0.388. The highest BCUT2D eigenvalue weighted by Gasteiger charge is 2.29. The number of hydrogen-bond donors (Lipinski definition) is 1. The summed E-state index contributed by atoms with van der Waals surface area (Å²) >= 11 is -1.11. The molecule has 1 aromatic heterocycles. The standard InChI is InChI=1S/C12H20N2O2S/c1-9(14-17(15)12(2,3)4)10-7-6-8-13-11(10)16-5/h6-9,14H,1-5H3/t9-,17-/m1/s1. The summed E-state index contributed by atoms with van der Waals surface area (Å²) in [5, 5.41) is 0. The zero-order chi connectivity index (χ0) is 13.1. The molecule has 5 heteroatoms. The van der Waals surface area contributed by atoms with Gasteiger partial charge >= 0.3 is 0 Å². The van der Waals surface area contributed by atoms with Crippen LogP contribution in [-0.4, -0.2) is 21.4 Å². The van der Waals surface area contributed by atoms with Crippen LogP contribution in [0, 0.1) is 0 Å². The minimum absolute atomic E-state index is 0.0706. The summed E-state index contributed by atoms with van der Waals surface area (Å²) in [6.45, 7) is 7.75. The Labute approximate surface area is 106 Å². The van der Waals surface area contributed by atoms with Crippen LogP contribution in [0.2, 0.25) is 0 Å². The molecule has 1 N–H and O–H groups in total. The fourth-order valence-corrected chi connectivity index (χ4v) is 2.11. The molecule has 1 aromatic rings. The molecule has 17 heavy (non-hydrogen) atoms. The van der Waals surface area contributed by atoms with Gasteiger partial charge in [0.2, 0.25) is 5.88 Å². The number of nitrogens with one attached hydrogen (secondary N) is 1. The second-order valence-electron chi connectivity index (χ2n) is 4.82. The van der Waals surface area contributed by atoms with Crippen molar-refractivity contribution in [3.63, 3.8) is 0 Å². The normalized spacial score (nSPS) is 15.4. The van der Waals surface area contributed by atoms with Crippen LogP contribution < -0.4 is 9.46 Å². The van der Waals surface area contributed by atoms with Gasteiger partial charge < -0.3 is 9.29 Å². The summed E-state index contributed by atoms with van der Waals surface area (Å²) in [7, 11) is 1.58. The zero-order valence-corrected chi connectivity index (χ0v) is 11.8. The third kappa shape index (κ3) is 3.87. The third-order valence-corrected chi connectivity index (χ3v) is 3.98. The van der Waals surface area contributed by atoms with Crippen molar-refractivity contribution < 1.29 is 9.29 Å². The molecule has 0 fully saturated rings. The summed E-state index contributed by atoms with van der Waals surface area (Å²) in [6, 6.07) is 3.69. The van der Waals surface area contributed by atoms with E-state index in [4.69, 9.17) is 4.74 Å². The van der Waals surface area contributed by atoms with E-state index in [1.807, 2.05) is 39.8 Å². The molecular weight excluding hydrogens is 236 g/mol. The van der Waals surface area contributed by atoms with Crippen molar-refractivity contribution in [1.29, 1.82) is 0 Å². The SMILES string of the molecule is COc1ncccc1[C@@H](C)N[S@+]([O-])C(C)(C)C. The van der Waals surface area contributed by atoms with Crippen LogP contribution in [0.5, 0.6) is 5.88 Å². The Morgan fingerprint density at radius 3 is 2.65 bits per heavy atom. The van der Waals surface area contributed by atoms with E-state index in [0.717, 1.165) is 5.56 Å². The van der Waals surface area contributed by atoms with Gasteiger partial charge in [-0.1, -0.05) is 6.07 Å². The first-order valence-electron chi connectivity index (χ1n) is 5.53. The Hall–Kier alpha value is -0.780. The van der Waals surface area contributed by atoms with Crippen molar-refractivity contribution in [3.8, 4) is 5.88 Å². The summed E-state index contributed by atoms with van der Waals surface area (Å²) < 4.78 is 19.9. The molecule has 2 atom stereocenters. The fourth-order valence-electron chi connectivity index (χ4n) is 1.30. The van der Waals surface area contributed by atoms with E-state index < -0.39 is 11.4 Å². The van der Waals surface area contributed by atoms with E-state index in [-0.39, 0.29) is 10.8 Å². The smallest absolute Gasteiger partial charge is 0.217 e. The summed E-state index contributed by atoms with van der Waals surface area (Å²) in [5.74, 6) is 0.568. The van der Waals surface area contributed by atoms with Gasteiger partial charge in [0.1, 0.15) is 4.75 Å². The van der Waals surface area contributed by atoms with Gasteiger partial charge in [-0.3, -0.25) is 0 Å². The highest BCUT2D eigenvalue weighted by atomic mass is 32.2. The second-order valence-corrected chi connectivity index (χ2v) is 6.82. The molecule has 0 aliphatic rings. The lowest BCUT2D eigenvalue weighted by Crippen LogP contribution is -2.40. The van der Waals surface area contributed by atoms with Crippen LogP contribution in [0.25, 0.3) is 0 Å². The van der Waals surface area contributed by atoms with E-state index in [2.05, 4.69) is 9.71 Å². The maximum atomic E-state index is 12.0. The topological polar surface area (TPSA) is 57.2 Å². The number of nitrogens with zero attached hydrogens (tertiary/aromatic N) is 1. The minimum atomic E-state index is -1.11. The molecule has 0 aliphatic heterocycles. The Morgan fingerprint density at radius 1 is 1.47 bits per heavy atom. The molecule has 0 bridgehead atoms. The molecule has 0 spiro atoms. The van der Waals surface area contributed by atoms with E-state index in [1.54, 1.807) is 13.3 Å². The number of pyridine rings is 1. The molecule has 0 aromatic carbocycles. The van der Waals surface area contributed by atoms with E-state index in [1.165, 1.54) is 0 Å². The van der Waals surface area contributed by atoms with Crippen molar-refractivity contribution in [3.05, 3.63) is 23.9 Å². The maximum absolute atomic E-state index is 12.0. The molecule has 0 amide bonds. The Balaban J connectivity index is 2.79. The van der Waals surface area contributed by atoms with Gasteiger partial charge in [0.25, 0.3) is 0 Å². The molecule has 0 saturated carbocycles. The first-order valence-corrected chi connectivity index (χ1v) is 6.68. The predicted molar refractivity (Wildman–Crippen MR) is 70.2 cm³/mol. The molecular formula is C12H20N2O2S. The third-order valence-electron chi connectivity index (χ3n) is 2.30. The van der Waals surface area contributed by atoms with Crippen LogP contribution in [0.3, 0.4) is 0 Å². The van der Waals surface area contributed by atoms with Gasteiger partial charge in [0.15, 0.2) is 0 Å². The molecule has 1 heterocycles. The number of rotatable bonds is 4. The van der Waals surface area contributed by atoms with Crippen molar-refractivity contribution in [2.24, 2.45) is 0 Å². The van der Waals surface area contributed by atoms with Gasteiger partial charge in [-0.2, -0.15) is 0 Å². The number of hydrogen-bond acceptors (Lipinski definition) is 4. The average molecular weight is 256 g/mol. The van der Waals surface area contributed by atoms with Crippen LogP contribution >= 0.6 is 0 Å². The quantitative estimate of drug-likeness (QED) is 0.839.